The van der Waals surface area contributed by atoms with Crippen LogP contribution in [0.4, 0.5) is 0 Å². The van der Waals surface area contributed by atoms with Gasteiger partial charge in [-0.05, 0) is 24.3 Å². The van der Waals surface area contributed by atoms with E-state index in [0.717, 1.165) is 0 Å². The van der Waals surface area contributed by atoms with E-state index in [0.29, 0.717) is 12.3 Å². The Morgan fingerprint density at radius 3 is 2.41 bits per heavy atom. The Bertz CT molecular complexity index is 706. The van der Waals surface area contributed by atoms with Crippen LogP contribution in [0.1, 0.15) is 11.8 Å². The van der Waals surface area contributed by atoms with Crippen LogP contribution < -0.4 is 5.32 Å². The largest absolute Gasteiger partial charge is 0.468 e. The van der Waals surface area contributed by atoms with Crippen molar-refractivity contribution < 1.29 is 12.8 Å². The highest BCUT2D eigenvalue weighted by Gasteiger charge is 2.34. The minimum atomic E-state index is -3.58. The first-order chi connectivity index (χ1) is 10.6. The summed E-state index contributed by atoms with van der Waals surface area (Å²) in [7, 11) is -3.58. The van der Waals surface area contributed by atoms with Crippen LogP contribution in [-0.4, -0.2) is 20.2 Å². The Labute approximate surface area is 131 Å². The third kappa shape index (κ3) is 3.37. The van der Waals surface area contributed by atoms with E-state index in [2.05, 4.69) is 18.5 Å². The zero-order chi connectivity index (χ0) is 16.0. The number of hydrogen-bond donors (Lipinski definition) is 1. The summed E-state index contributed by atoms with van der Waals surface area (Å²) < 4.78 is 31.2. The second kappa shape index (κ2) is 7.24. The normalized spacial score (nSPS) is 14.2. The molecule has 0 radical (unpaired) electrons. The van der Waals surface area contributed by atoms with Crippen molar-refractivity contribution in [2.24, 2.45) is 0 Å². The Kier molecular flexibility index (Phi) is 5.35. The first kappa shape index (κ1) is 16.3. The smallest absolute Gasteiger partial charge is 0.186 e. The van der Waals surface area contributed by atoms with Gasteiger partial charge in [0.2, 0.25) is 0 Å². The summed E-state index contributed by atoms with van der Waals surface area (Å²) in [6.07, 6.45) is 4.63. The average molecular weight is 317 g/mol. The molecule has 2 rings (SSSR count). The van der Waals surface area contributed by atoms with Gasteiger partial charge in [0, 0.05) is 6.54 Å². The van der Waals surface area contributed by atoms with E-state index in [1.807, 2.05) is 0 Å². The van der Waals surface area contributed by atoms with E-state index >= 15 is 0 Å². The van der Waals surface area contributed by atoms with Gasteiger partial charge in [0.05, 0.1) is 17.2 Å². The molecule has 0 aliphatic carbocycles. The van der Waals surface area contributed by atoms with Gasteiger partial charge in [-0.3, -0.25) is 0 Å². The lowest BCUT2D eigenvalue weighted by molar-refractivity contribution is 0.421. The molecule has 2 aromatic rings. The van der Waals surface area contributed by atoms with Crippen molar-refractivity contribution in [1.82, 2.24) is 5.32 Å². The predicted octanol–water partition coefficient (Wildman–Crippen LogP) is 3.12. The summed E-state index contributed by atoms with van der Waals surface area (Å²) in [5, 5.41) is 2.29. The van der Waals surface area contributed by atoms with Gasteiger partial charge in [0.15, 0.2) is 9.84 Å². The number of nitrogens with one attached hydrogen (secondary N) is 1. The molecule has 4 nitrogen and oxygen atoms in total. The lowest BCUT2D eigenvalue weighted by Gasteiger charge is -2.23. The highest BCUT2D eigenvalue weighted by molar-refractivity contribution is 7.92. The van der Waals surface area contributed by atoms with Crippen LogP contribution in [0, 0.1) is 0 Å². The summed E-state index contributed by atoms with van der Waals surface area (Å²) in [4.78, 5) is 0.261. The summed E-state index contributed by atoms with van der Waals surface area (Å²) >= 11 is 0. The average Bonchev–Trinajstić information content (AvgIpc) is 3.06. The zero-order valence-electron chi connectivity index (χ0n) is 12.2. The maximum atomic E-state index is 12.9. The van der Waals surface area contributed by atoms with Crippen molar-refractivity contribution in [3.05, 3.63) is 79.8 Å². The van der Waals surface area contributed by atoms with Gasteiger partial charge in [0.1, 0.15) is 11.0 Å². The lowest BCUT2D eigenvalue weighted by Crippen LogP contribution is -2.36. The van der Waals surface area contributed by atoms with Crippen molar-refractivity contribution >= 4 is 9.84 Å². The van der Waals surface area contributed by atoms with E-state index in [9.17, 15) is 8.42 Å². The van der Waals surface area contributed by atoms with E-state index in [1.54, 1.807) is 48.5 Å². The van der Waals surface area contributed by atoms with E-state index in [1.165, 1.54) is 12.3 Å². The fourth-order valence-electron chi connectivity index (χ4n) is 2.27. The minimum Gasteiger partial charge on any atom is -0.468 e. The lowest BCUT2D eigenvalue weighted by atomic mass is 10.1. The molecule has 1 aromatic heterocycles. The van der Waals surface area contributed by atoms with Crippen molar-refractivity contribution in [3.63, 3.8) is 0 Å². The molecule has 1 N–H and O–H groups in total. The third-order valence-electron chi connectivity index (χ3n) is 3.32. The van der Waals surface area contributed by atoms with Crippen molar-refractivity contribution in [1.29, 1.82) is 0 Å². The molecule has 22 heavy (non-hydrogen) atoms. The summed E-state index contributed by atoms with van der Waals surface area (Å²) in [6, 6.07) is 11.3. The van der Waals surface area contributed by atoms with E-state index in [-0.39, 0.29) is 4.90 Å². The summed E-state index contributed by atoms with van der Waals surface area (Å²) in [5.41, 5.74) is 0. The molecule has 1 aromatic carbocycles. The van der Waals surface area contributed by atoms with Gasteiger partial charge in [-0.1, -0.05) is 30.4 Å². The molecule has 0 saturated carbocycles. The molecule has 2 atom stereocenters. The molecule has 0 unspecified atom stereocenters. The Morgan fingerprint density at radius 1 is 1.14 bits per heavy atom. The Hall–Kier alpha value is -2.11. The molecule has 0 amide bonds. The van der Waals surface area contributed by atoms with Crippen molar-refractivity contribution in [2.45, 2.75) is 16.2 Å². The number of rotatable bonds is 8. The van der Waals surface area contributed by atoms with Crippen LogP contribution >= 0.6 is 0 Å². The first-order valence-electron chi connectivity index (χ1n) is 6.90. The van der Waals surface area contributed by atoms with Crippen LogP contribution in [-0.2, 0) is 9.84 Å². The Morgan fingerprint density at radius 2 is 1.86 bits per heavy atom. The fourth-order valence-corrected chi connectivity index (χ4v) is 3.96. The standard InChI is InChI=1S/C17H19NO3S/c1-3-12-18-17(15-11-8-13-21-15)16(4-2)22(19,20)14-9-6-5-7-10-14/h3-11,13,16-18H,1-2,12H2/t16-,17+/m0/s1. The summed E-state index contributed by atoms with van der Waals surface area (Å²) in [5.74, 6) is 0.547. The maximum Gasteiger partial charge on any atom is 0.186 e. The topological polar surface area (TPSA) is 59.3 Å². The van der Waals surface area contributed by atoms with Crippen LogP contribution in [0.2, 0.25) is 0 Å². The molecule has 0 bridgehead atoms. The second-order valence-electron chi connectivity index (χ2n) is 4.75. The molecule has 5 heteroatoms. The minimum absolute atomic E-state index is 0.261. The van der Waals surface area contributed by atoms with Gasteiger partial charge in [-0.25, -0.2) is 8.42 Å². The van der Waals surface area contributed by atoms with Gasteiger partial charge in [-0.15, -0.1) is 13.2 Å². The summed E-state index contributed by atoms with van der Waals surface area (Å²) in [6.45, 7) is 7.81. The molecule has 116 valence electrons. The molecule has 0 aliphatic heterocycles. The highest BCUT2D eigenvalue weighted by Crippen LogP contribution is 2.28. The van der Waals surface area contributed by atoms with Crippen molar-refractivity contribution in [3.8, 4) is 0 Å². The van der Waals surface area contributed by atoms with E-state index < -0.39 is 21.1 Å². The Balaban J connectivity index is 2.43. The van der Waals surface area contributed by atoms with Crippen LogP contribution in [0.25, 0.3) is 0 Å². The second-order valence-corrected chi connectivity index (χ2v) is 6.85. The van der Waals surface area contributed by atoms with Gasteiger partial charge < -0.3 is 9.73 Å². The van der Waals surface area contributed by atoms with Crippen LogP contribution in [0.15, 0.2) is 83.4 Å². The third-order valence-corrected chi connectivity index (χ3v) is 5.43. The van der Waals surface area contributed by atoms with Crippen LogP contribution in [0.3, 0.4) is 0 Å². The highest BCUT2D eigenvalue weighted by atomic mass is 32.2. The number of benzene rings is 1. The first-order valence-corrected chi connectivity index (χ1v) is 8.45. The molecule has 0 spiro atoms. The maximum absolute atomic E-state index is 12.9. The SMILES string of the molecule is C=CCN[C@H](c1ccco1)[C@H](C=C)S(=O)(=O)c1ccccc1. The predicted molar refractivity (Wildman–Crippen MR) is 87.3 cm³/mol. The zero-order valence-corrected chi connectivity index (χ0v) is 13.0. The van der Waals surface area contributed by atoms with E-state index in [4.69, 9.17) is 4.42 Å². The van der Waals surface area contributed by atoms with Gasteiger partial charge in [0.25, 0.3) is 0 Å². The fraction of sp³-hybridized carbons (Fsp3) is 0.176. The molecular weight excluding hydrogens is 298 g/mol. The van der Waals surface area contributed by atoms with Gasteiger partial charge >= 0.3 is 0 Å². The molecule has 0 saturated heterocycles. The van der Waals surface area contributed by atoms with Crippen molar-refractivity contribution in [2.75, 3.05) is 6.54 Å². The quantitative estimate of drug-likeness (QED) is 0.760. The molecule has 0 aliphatic rings. The van der Waals surface area contributed by atoms with Gasteiger partial charge in [-0.2, -0.15) is 0 Å². The number of furan rings is 1. The number of hydrogen-bond acceptors (Lipinski definition) is 4. The molecule has 1 heterocycles. The number of sulfone groups is 1. The van der Waals surface area contributed by atoms with Crippen LogP contribution in [0.5, 0.6) is 0 Å². The molecule has 0 fully saturated rings. The monoisotopic (exact) mass is 317 g/mol. The molecular formula is C17H19NO3S.